The molecule has 22 heavy (non-hydrogen) atoms. The molecular formula is C20H25NO. The summed E-state index contributed by atoms with van der Waals surface area (Å²) >= 11 is 0. The summed E-state index contributed by atoms with van der Waals surface area (Å²) in [6, 6.07) is 16.5. The summed E-state index contributed by atoms with van der Waals surface area (Å²) in [5.41, 5.74) is 4.32. The second kappa shape index (κ2) is 6.80. The Morgan fingerprint density at radius 3 is 2.05 bits per heavy atom. The lowest BCUT2D eigenvalue weighted by Crippen LogP contribution is -2.31. The van der Waals surface area contributed by atoms with Gasteiger partial charge in [0.25, 0.3) is 0 Å². The van der Waals surface area contributed by atoms with Crippen LogP contribution < -0.4 is 5.32 Å². The average molecular weight is 295 g/mol. The van der Waals surface area contributed by atoms with E-state index in [2.05, 4.69) is 50.0 Å². The van der Waals surface area contributed by atoms with Crippen LogP contribution in [0.4, 0.5) is 5.69 Å². The minimum Gasteiger partial charge on any atom is -0.384 e. The zero-order valence-electron chi connectivity index (χ0n) is 13.7. The number of rotatable bonds is 6. The number of benzene rings is 2. The SMILES string of the molecule is C=C(Nc1ccc(C)cc1)[C@@](C)(O)CCc1ccc(C)cc1. The fourth-order valence-corrected chi connectivity index (χ4v) is 2.24. The topological polar surface area (TPSA) is 32.3 Å². The van der Waals surface area contributed by atoms with Crippen molar-refractivity contribution < 1.29 is 5.11 Å². The zero-order valence-corrected chi connectivity index (χ0v) is 13.7. The molecule has 0 aliphatic heterocycles. The summed E-state index contributed by atoms with van der Waals surface area (Å²) < 4.78 is 0. The first kappa shape index (κ1) is 16.3. The lowest BCUT2D eigenvalue weighted by molar-refractivity contribution is 0.0911. The van der Waals surface area contributed by atoms with E-state index >= 15 is 0 Å². The van der Waals surface area contributed by atoms with Crippen LogP contribution in [0.25, 0.3) is 0 Å². The number of nitrogens with one attached hydrogen (secondary N) is 1. The molecule has 0 heterocycles. The van der Waals surface area contributed by atoms with Gasteiger partial charge in [0.05, 0.1) is 0 Å². The Hall–Kier alpha value is -2.06. The van der Waals surface area contributed by atoms with Gasteiger partial charge in [-0.2, -0.15) is 0 Å². The van der Waals surface area contributed by atoms with Gasteiger partial charge in [0.15, 0.2) is 0 Å². The Balaban J connectivity index is 1.95. The minimum atomic E-state index is -0.949. The highest BCUT2D eigenvalue weighted by Gasteiger charge is 2.24. The Labute approximate surface area is 133 Å². The molecule has 0 aromatic heterocycles. The van der Waals surface area contributed by atoms with E-state index in [1.807, 2.05) is 31.2 Å². The molecule has 2 aromatic rings. The molecule has 0 unspecified atom stereocenters. The van der Waals surface area contributed by atoms with Gasteiger partial charge in [-0.05, 0) is 51.3 Å². The predicted octanol–water partition coefficient (Wildman–Crippen LogP) is 4.61. The number of aryl methyl sites for hydroxylation is 3. The molecule has 1 atom stereocenters. The van der Waals surface area contributed by atoms with E-state index in [0.717, 1.165) is 12.1 Å². The third kappa shape index (κ3) is 4.47. The van der Waals surface area contributed by atoms with Crippen molar-refractivity contribution in [3.8, 4) is 0 Å². The minimum absolute atomic E-state index is 0.628. The van der Waals surface area contributed by atoms with Gasteiger partial charge in [-0.3, -0.25) is 0 Å². The highest BCUT2D eigenvalue weighted by atomic mass is 16.3. The van der Waals surface area contributed by atoms with Crippen LogP contribution in [0.15, 0.2) is 60.8 Å². The third-order valence-corrected chi connectivity index (χ3v) is 4.02. The van der Waals surface area contributed by atoms with Gasteiger partial charge in [-0.15, -0.1) is 0 Å². The molecule has 0 amide bonds. The number of aliphatic hydroxyl groups is 1. The first-order valence-electron chi connectivity index (χ1n) is 7.68. The normalized spacial score (nSPS) is 13.5. The number of anilines is 1. The van der Waals surface area contributed by atoms with Crippen LogP contribution in [0.2, 0.25) is 0 Å². The molecule has 116 valence electrons. The van der Waals surface area contributed by atoms with Gasteiger partial charge in [0.1, 0.15) is 5.60 Å². The van der Waals surface area contributed by atoms with E-state index in [4.69, 9.17) is 0 Å². The maximum atomic E-state index is 10.7. The van der Waals surface area contributed by atoms with Gasteiger partial charge in [0, 0.05) is 11.4 Å². The van der Waals surface area contributed by atoms with Crippen LogP contribution in [0.3, 0.4) is 0 Å². The molecule has 2 rings (SSSR count). The highest BCUT2D eigenvalue weighted by molar-refractivity contribution is 5.50. The van der Waals surface area contributed by atoms with Gasteiger partial charge in [-0.25, -0.2) is 0 Å². The van der Waals surface area contributed by atoms with E-state index in [1.54, 1.807) is 0 Å². The third-order valence-electron chi connectivity index (χ3n) is 4.02. The quantitative estimate of drug-likeness (QED) is 0.815. The fourth-order valence-electron chi connectivity index (χ4n) is 2.24. The van der Waals surface area contributed by atoms with Crippen molar-refractivity contribution >= 4 is 5.69 Å². The second-order valence-electron chi connectivity index (χ2n) is 6.23. The Morgan fingerprint density at radius 1 is 1.00 bits per heavy atom. The van der Waals surface area contributed by atoms with Crippen molar-refractivity contribution in [3.63, 3.8) is 0 Å². The largest absolute Gasteiger partial charge is 0.384 e. The van der Waals surface area contributed by atoms with E-state index in [1.165, 1.54) is 16.7 Å². The average Bonchev–Trinajstić information content (AvgIpc) is 2.49. The molecule has 2 aromatic carbocycles. The summed E-state index contributed by atoms with van der Waals surface area (Å²) in [6.45, 7) is 9.95. The van der Waals surface area contributed by atoms with Crippen LogP contribution in [0, 0.1) is 13.8 Å². The zero-order chi connectivity index (χ0) is 16.2. The Kier molecular flexibility index (Phi) is 5.04. The molecule has 0 radical (unpaired) electrons. The summed E-state index contributed by atoms with van der Waals surface area (Å²) in [6.07, 6.45) is 1.45. The van der Waals surface area contributed by atoms with Gasteiger partial charge >= 0.3 is 0 Å². The lowest BCUT2D eigenvalue weighted by atomic mass is 9.93. The Bertz CT molecular complexity index is 624. The summed E-state index contributed by atoms with van der Waals surface area (Å²) in [4.78, 5) is 0. The van der Waals surface area contributed by atoms with Crippen molar-refractivity contribution in [2.75, 3.05) is 5.32 Å². The molecule has 0 fully saturated rings. The predicted molar refractivity (Wildman–Crippen MR) is 94.1 cm³/mol. The first-order valence-corrected chi connectivity index (χ1v) is 7.68. The van der Waals surface area contributed by atoms with Crippen molar-refractivity contribution in [2.24, 2.45) is 0 Å². The number of hydrogen-bond donors (Lipinski definition) is 2. The van der Waals surface area contributed by atoms with Crippen LogP contribution in [0.1, 0.15) is 30.0 Å². The van der Waals surface area contributed by atoms with E-state index < -0.39 is 5.60 Å². The van der Waals surface area contributed by atoms with E-state index in [0.29, 0.717) is 12.1 Å². The maximum absolute atomic E-state index is 10.7. The molecule has 0 saturated heterocycles. The molecule has 2 heteroatoms. The molecular weight excluding hydrogens is 270 g/mol. The van der Waals surface area contributed by atoms with Crippen molar-refractivity contribution in [3.05, 3.63) is 77.5 Å². The van der Waals surface area contributed by atoms with Crippen molar-refractivity contribution in [2.45, 2.75) is 39.2 Å². The van der Waals surface area contributed by atoms with Crippen LogP contribution in [-0.4, -0.2) is 10.7 Å². The van der Waals surface area contributed by atoms with Crippen molar-refractivity contribution in [1.29, 1.82) is 0 Å². The van der Waals surface area contributed by atoms with E-state index in [9.17, 15) is 5.11 Å². The maximum Gasteiger partial charge on any atom is 0.101 e. The first-order chi connectivity index (χ1) is 10.4. The summed E-state index contributed by atoms with van der Waals surface area (Å²) in [5, 5.41) is 13.9. The molecule has 2 N–H and O–H groups in total. The molecule has 2 nitrogen and oxygen atoms in total. The summed E-state index contributed by atoms with van der Waals surface area (Å²) in [5.74, 6) is 0. The monoisotopic (exact) mass is 295 g/mol. The lowest BCUT2D eigenvalue weighted by Gasteiger charge is -2.27. The van der Waals surface area contributed by atoms with Crippen LogP contribution >= 0.6 is 0 Å². The standard InChI is InChI=1S/C20H25NO/c1-15-5-9-18(10-6-15)13-14-20(4,22)17(3)21-19-11-7-16(2)8-12-19/h5-12,21-22H,3,13-14H2,1-2,4H3/t20-/m0/s1. The molecule has 0 saturated carbocycles. The molecule has 0 aliphatic rings. The highest BCUT2D eigenvalue weighted by Crippen LogP contribution is 2.23. The summed E-state index contributed by atoms with van der Waals surface area (Å²) in [7, 11) is 0. The van der Waals surface area contributed by atoms with Gasteiger partial charge < -0.3 is 10.4 Å². The van der Waals surface area contributed by atoms with Gasteiger partial charge in [0.2, 0.25) is 0 Å². The van der Waals surface area contributed by atoms with Crippen LogP contribution in [0.5, 0.6) is 0 Å². The second-order valence-corrected chi connectivity index (χ2v) is 6.23. The number of hydrogen-bond acceptors (Lipinski definition) is 2. The molecule has 0 aliphatic carbocycles. The molecule has 0 bridgehead atoms. The van der Waals surface area contributed by atoms with Crippen LogP contribution in [-0.2, 0) is 6.42 Å². The van der Waals surface area contributed by atoms with Crippen molar-refractivity contribution in [1.82, 2.24) is 0 Å². The van der Waals surface area contributed by atoms with Gasteiger partial charge in [-0.1, -0.05) is 54.1 Å². The molecule has 0 spiro atoms. The Morgan fingerprint density at radius 2 is 1.50 bits per heavy atom. The smallest absolute Gasteiger partial charge is 0.101 e. The van der Waals surface area contributed by atoms with E-state index in [-0.39, 0.29) is 0 Å². The fraction of sp³-hybridized carbons (Fsp3) is 0.300.